The fourth-order valence-corrected chi connectivity index (χ4v) is 1.39. The number of nitrogens with two attached hydrogens (primary N) is 1. The molecule has 1 amide bonds. The lowest BCUT2D eigenvalue weighted by Gasteiger charge is -2.11. The van der Waals surface area contributed by atoms with Gasteiger partial charge in [-0.05, 0) is 13.8 Å². The summed E-state index contributed by atoms with van der Waals surface area (Å²) in [5.74, 6) is 1.10. The molecule has 0 unspecified atom stereocenters. The van der Waals surface area contributed by atoms with Crippen molar-refractivity contribution in [1.82, 2.24) is 9.97 Å². The van der Waals surface area contributed by atoms with Crippen molar-refractivity contribution < 1.29 is 9.53 Å². The van der Waals surface area contributed by atoms with Gasteiger partial charge < -0.3 is 21.1 Å². The maximum absolute atomic E-state index is 10.5. The van der Waals surface area contributed by atoms with Gasteiger partial charge in [-0.2, -0.15) is 0 Å². The quantitative estimate of drug-likeness (QED) is 0.569. The normalized spacial score (nSPS) is 10.1. The number of hydrogen-bond donors (Lipinski definition) is 3. The van der Waals surface area contributed by atoms with Crippen LogP contribution < -0.4 is 16.4 Å². The maximum Gasteiger partial charge on any atom is 0.243 e. The smallest absolute Gasteiger partial charge is 0.243 e. The Hall–Kier alpha value is -1.89. The third-order valence-electron chi connectivity index (χ3n) is 2.21. The van der Waals surface area contributed by atoms with Gasteiger partial charge in [-0.25, -0.2) is 9.97 Å². The van der Waals surface area contributed by atoms with Crippen molar-refractivity contribution in [2.75, 3.05) is 36.9 Å². The number of carbonyl (C=O) groups is 1. The second-order valence-corrected chi connectivity index (χ2v) is 3.67. The number of nitrogens with zero attached hydrogens (tertiary/aromatic N) is 2. The van der Waals surface area contributed by atoms with E-state index in [0.717, 1.165) is 23.7 Å². The molecule has 0 aliphatic heterocycles. The highest BCUT2D eigenvalue weighted by molar-refractivity contribution is 5.74. The first kappa shape index (κ1) is 14.2. The molecule has 1 heterocycles. The van der Waals surface area contributed by atoms with Gasteiger partial charge in [0, 0.05) is 18.7 Å². The van der Waals surface area contributed by atoms with E-state index in [2.05, 4.69) is 20.6 Å². The van der Waals surface area contributed by atoms with E-state index < -0.39 is 5.91 Å². The van der Waals surface area contributed by atoms with Crippen LogP contribution >= 0.6 is 0 Å². The Morgan fingerprint density at radius 1 is 1.39 bits per heavy atom. The van der Waals surface area contributed by atoms with E-state index in [1.165, 1.54) is 6.33 Å². The summed E-state index contributed by atoms with van der Waals surface area (Å²) in [6.07, 6.45) is 1.50. The van der Waals surface area contributed by atoms with Crippen molar-refractivity contribution in [2.45, 2.75) is 13.8 Å². The molecule has 0 spiro atoms. The highest BCUT2D eigenvalue weighted by Crippen LogP contribution is 2.17. The fourth-order valence-electron chi connectivity index (χ4n) is 1.39. The van der Waals surface area contributed by atoms with Crippen molar-refractivity contribution in [3.05, 3.63) is 11.9 Å². The Labute approximate surface area is 106 Å². The van der Waals surface area contributed by atoms with Crippen molar-refractivity contribution in [3.8, 4) is 0 Å². The molecule has 0 aromatic carbocycles. The van der Waals surface area contributed by atoms with Crippen LogP contribution in [0.5, 0.6) is 0 Å². The van der Waals surface area contributed by atoms with Gasteiger partial charge >= 0.3 is 0 Å². The molecule has 1 aromatic rings. The number of ether oxygens (including phenoxy) is 1. The summed E-state index contributed by atoms with van der Waals surface area (Å²) in [6, 6.07) is 0. The Morgan fingerprint density at radius 3 is 2.67 bits per heavy atom. The van der Waals surface area contributed by atoms with Crippen LogP contribution in [-0.2, 0) is 9.53 Å². The summed E-state index contributed by atoms with van der Waals surface area (Å²) in [7, 11) is 0. The molecule has 1 aromatic heterocycles. The number of aromatic nitrogens is 2. The molecule has 7 heteroatoms. The van der Waals surface area contributed by atoms with Crippen molar-refractivity contribution >= 4 is 17.5 Å². The SMILES string of the molecule is CCNc1ncnc(NCCOCC(N)=O)c1C. The van der Waals surface area contributed by atoms with E-state index in [1.807, 2.05) is 13.8 Å². The number of nitrogens with one attached hydrogen (secondary N) is 2. The second kappa shape index (κ2) is 7.44. The van der Waals surface area contributed by atoms with E-state index in [1.54, 1.807) is 0 Å². The number of amides is 1. The third kappa shape index (κ3) is 4.54. The Bertz CT molecular complexity index is 397. The van der Waals surface area contributed by atoms with Crippen LogP contribution in [0.3, 0.4) is 0 Å². The van der Waals surface area contributed by atoms with E-state index in [0.29, 0.717) is 13.2 Å². The zero-order valence-corrected chi connectivity index (χ0v) is 10.7. The largest absolute Gasteiger partial charge is 0.370 e. The van der Waals surface area contributed by atoms with Crippen LogP contribution in [0.1, 0.15) is 12.5 Å². The molecule has 100 valence electrons. The van der Waals surface area contributed by atoms with Crippen LogP contribution in [0.25, 0.3) is 0 Å². The summed E-state index contributed by atoms with van der Waals surface area (Å²) in [4.78, 5) is 18.7. The predicted molar refractivity (Wildman–Crippen MR) is 69.4 cm³/mol. The molecule has 1 rings (SSSR count). The number of primary amides is 1. The molecule has 0 saturated carbocycles. The van der Waals surface area contributed by atoms with E-state index in [9.17, 15) is 4.79 Å². The van der Waals surface area contributed by atoms with Crippen LogP contribution in [0.2, 0.25) is 0 Å². The first-order valence-corrected chi connectivity index (χ1v) is 5.80. The van der Waals surface area contributed by atoms with Crippen LogP contribution in [0.15, 0.2) is 6.33 Å². The number of hydrogen-bond acceptors (Lipinski definition) is 6. The standard InChI is InChI=1S/C11H19N5O2/c1-3-13-10-8(2)11(16-7-15-10)14-4-5-18-6-9(12)17/h7H,3-6H2,1-2H3,(H2,12,17)(H2,13,14,15,16). The van der Waals surface area contributed by atoms with E-state index in [-0.39, 0.29) is 6.61 Å². The average molecular weight is 253 g/mol. The van der Waals surface area contributed by atoms with Gasteiger partial charge in [-0.15, -0.1) is 0 Å². The number of anilines is 2. The zero-order valence-electron chi connectivity index (χ0n) is 10.7. The van der Waals surface area contributed by atoms with Crippen LogP contribution in [-0.4, -0.2) is 42.2 Å². The molecule has 0 bridgehead atoms. The molecule has 0 aliphatic carbocycles. The molecular formula is C11H19N5O2. The number of rotatable bonds is 8. The maximum atomic E-state index is 10.5. The number of carbonyl (C=O) groups excluding carboxylic acids is 1. The van der Waals surface area contributed by atoms with Gasteiger partial charge in [0.05, 0.1) is 6.61 Å². The molecule has 0 atom stereocenters. The zero-order chi connectivity index (χ0) is 13.4. The van der Waals surface area contributed by atoms with E-state index >= 15 is 0 Å². The fraction of sp³-hybridized carbons (Fsp3) is 0.545. The molecule has 7 nitrogen and oxygen atoms in total. The average Bonchev–Trinajstić information content (AvgIpc) is 2.33. The molecule has 0 radical (unpaired) electrons. The lowest BCUT2D eigenvalue weighted by molar-refractivity contribution is -0.122. The molecule has 0 fully saturated rings. The van der Waals surface area contributed by atoms with Gasteiger partial charge in [0.15, 0.2) is 0 Å². The van der Waals surface area contributed by atoms with Gasteiger partial charge in [-0.1, -0.05) is 0 Å². The molecule has 0 saturated heterocycles. The minimum Gasteiger partial charge on any atom is -0.370 e. The lowest BCUT2D eigenvalue weighted by atomic mass is 10.3. The highest BCUT2D eigenvalue weighted by atomic mass is 16.5. The summed E-state index contributed by atoms with van der Waals surface area (Å²) >= 11 is 0. The van der Waals surface area contributed by atoms with Crippen LogP contribution in [0.4, 0.5) is 11.6 Å². The predicted octanol–water partition coefficient (Wildman–Crippen LogP) is 0.131. The summed E-state index contributed by atoms with van der Waals surface area (Å²) in [5.41, 5.74) is 5.90. The second-order valence-electron chi connectivity index (χ2n) is 3.67. The summed E-state index contributed by atoms with van der Waals surface area (Å²) in [5, 5.41) is 6.27. The van der Waals surface area contributed by atoms with Crippen molar-refractivity contribution in [3.63, 3.8) is 0 Å². The van der Waals surface area contributed by atoms with Gasteiger partial charge in [0.25, 0.3) is 0 Å². The van der Waals surface area contributed by atoms with Crippen molar-refractivity contribution in [1.29, 1.82) is 0 Å². The van der Waals surface area contributed by atoms with Gasteiger partial charge in [0.1, 0.15) is 24.6 Å². The summed E-state index contributed by atoms with van der Waals surface area (Å²) < 4.78 is 5.04. The Balaban J connectivity index is 2.42. The van der Waals surface area contributed by atoms with E-state index in [4.69, 9.17) is 10.5 Å². The molecular weight excluding hydrogens is 234 g/mol. The van der Waals surface area contributed by atoms with Crippen LogP contribution in [0, 0.1) is 6.92 Å². The Morgan fingerprint density at radius 2 is 2.06 bits per heavy atom. The third-order valence-corrected chi connectivity index (χ3v) is 2.21. The molecule has 18 heavy (non-hydrogen) atoms. The first-order valence-electron chi connectivity index (χ1n) is 5.80. The topological polar surface area (TPSA) is 102 Å². The minimum absolute atomic E-state index is 0.0624. The minimum atomic E-state index is -0.470. The Kier molecular flexibility index (Phi) is 5.86. The monoisotopic (exact) mass is 253 g/mol. The first-order chi connectivity index (χ1) is 8.65. The van der Waals surface area contributed by atoms with Crippen molar-refractivity contribution in [2.24, 2.45) is 5.73 Å². The lowest BCUT2D eigenvalue weighted by Crippen LogP contribution is -2.21. The summed E-state index contributed by atoms with van der Waals surface area (Å²) in [6.45, 7) is 5.63. The molecule has 0 aliphatic rings. The molecule has 4 N–H and O–H groups in total. The van der Waals surface area contributed by atoms with Gasteiger partial charge in [0.2, 0.25) is 5.91 Å². The highest BCUT2D eigenvalue weighted by Gasteiger charge is 2.05. The van der Waals surface area contributed by atoms with Gasteiger partial charge in [-0.3, -0.25) is 4.79 Å².